The van der Waals surface area contributed by atoms with Gasteiger partial charge in [0, 0.05) is 19.2 Å². The number of hydrogen-bond donors (Lipinski definition) is 1. The Bertz CT molecular complexity index is 621. The molecule has 1 fully saturated rings. The Labute approximate surface area is 118 Å². The number of nitrogens with one attached hydrogen (secondary N) is 1. The van der Waals surface area contributed by atoms with Crippen molar-refractivity contribution in [3.05, 3.63) is 18.1 Å². The van der Waals surface area contributed by atoms with Crippen molar-refractivity contribution >= 4 is 11.6 Å². The molecule has 0 spiro atoms. The smallest absolute Gasteiger partial charge is 0.376 e. The molecule has 114 valence electrons. The fourth-order valence-corrected chi connectivity index (χ4v) is 2.27. The molecule has 0 aliphatic carbocycles. The van der Waals surface area contributed by atoms with Crippen LogP contribution in [0.1, 0.15) is 25.0 Å². The molecule has 21 heavy (non-hydrogen) atoms. The first kappa shape index (κ1) is 14.1. The molecule has 0 bridgehead atoms. The molecule has 2 aromatic rings. The largest absolute Gasteiger partial charge is 0.433 e. The van der Waals surface area contributed by atoms with Gasteiger partial charge in [0.2, 0.25) is 0 Å². The number of ether oxygens (including phenoxy) is 1. The number of anilines is 1. The molecule has 6 nitrogen and oxygen atoms in total. The number of alkyl halides is 3. The number of fused-ring (bicyclic) bond motifs is 1. The number of aromatic nitrogens is 4. The summed E-state index contributed by atoms with van der Waals surface area (Å²) in [5, 5.41) is 6.83. The maximum absolute atomic E-state index is 12.8. The van der Waals surface area contributed by atoms with E-state index in [-0.39, 0.29) is 17.7 Å². The standard InChI is InChI=1S/C12H14F3N5O/c13-12(14,15)9-5-10(20-11(19-9)17-7-18-20)16-6-8-3-1-2-4-21-8/h5,7-8,16H,1-4,6H2/t8-/m1/s1. The minimum atomic E-state index is -4.52. The van der Waals surface area contributed by atoms with Crippen LogP contribution in [0, 0.1) is 0 Å². The third kappa shape index (κ3) is 3.07. The van der Waals surface area contributed by atoms with Crippen molar-refractivity contribution in [3.63, 3.8) is 0 Å². The molecule has 9 heteroatoms. The van der Waals surface area contributed by atoms with Gasteiger partial charge in [0.15, 0.2) is 5.69 Å². The summed E-state index contributed by atoms with van der Waals surface area (Å²) in [5.74, 6) is 0.121. The summed E-state index contributed by atoms with van der Waals surface area (Å²) >= 11 is 0. The average molecular weight is 301 g/mol. The lowest BCUT2D eigenvalue weighted by atomic mass is 10.1. The zero-order valence-corrected chi connectivity index (χ0v) is 11.1. The zero-order chi connectivity index (χ0) is 14.9. The van der Waals surface area contributed by atoms with Crippen molar-refractivity contribution in [1.29, 1.82) is 0 Å². The van der Waals surface area contributed by atoms with Gasteiger partial charge in [-0.25, -0.2) is 4.98 Å². The predicted molar refractivity (Wildman–Crippen MR) is 67.9 cm³/mol. The highest BCUT2D eigenvalue weighted by Gasteiger charge is 2.34. The van der Waals surface area contributed by atoms with E-state index in [1.807, 2.05) is 0 Å². The van der Waals surface area contributed by atoms with Gasteiger partial charge in [-0.1, -0.05) is 0 Å². The molecule has 2 aromatic heterocycles. The van der Waals surface area contributed by atoms with Gasteiger partial charge in [-0.05, 0) is 19.3 Å². The molecule has 1 aliphatic heterocycles. The van der Waals surface area contributed by atoms with Crippen LogP contribution < -0.4 is 5.32 Å². The molecule has 0 radical (unpaired) electrons. The number of nitrogens with zero attached hydrogens (tertiary/aromatic N) is 4. The van der Waals surface area contributed by atoms with Gasteiger partial charge in [0.1, 0.15) is 12.1 Å². The maximum Gasteiger partial charge on any atom is 0.433 e. The van der Waals surface area contributed by atoms with Crippen LogP contribution >= 0.6 is 0 Å². The number of hydrogen-bond acceptors (Lipinski definition) is 5. The van der Waals surface area contributed by atoms with Crippen molar-refractivity contribution in [3.8, 4) is 0 Å². The first-order valence-corrected chi connectivity index (χ1v) is 6.67. The van der Waals surface area contributed by atoms with Gasteiger partial charge in [-0.15, -0.1) is 0 Å². The van der Waals surface area contributed by atoms with Crippen LogP contribution in [0.15, 0.2) is 12.4 Å². The quantitative estimate of drug-likeness (QED) is 0.941. The number of rotatable bonds is 3. The van der Waals surface area contributed by atoms with E-state index in [1.165, 1.54) is 10.8 Å². The lowest BCUT2D eigenvalue weighted by Gasteiger charge is -2.23. The predicted octanol–water partition coefficient (Wildman–Crippen LogP) is 2.12. The van der Waals surface area contributed by atoms with Crippen molar-refractivity contribution in [2.45, 2.75) is 31.5 Å². The molecule has 3 rings (SSSR count). The van der Waals surface area contributed by atoms with Gasteiger partial charge in [0.05, 0.1) is 6.10 Å². The highest BCUT2D eigenvalue weighted by molar-refractivity contribution is 5.45. The molecule has 1 aliphatic rings. The van der Waals surface area contributed by atoms with E-state index < -0.39 is 11.9 Å². The molecule has 1 atom stereocenters. The van der Waals surface area contributed by atoms with Gasteiger partial charge in [0.25, 0.3) is 5.78 Å². The molecule has 3 heterocycles. The maximum atomic E-state index is 12.8. The molecule has 0 unspecified atom stereocenters. The van der Waals surface area contributed by atoms with Crippen LogP contribution in [-0.4, -0.2) is 38.8 Å². The van der Waals surface area contributed by atoms with Crippen LogP contribution in [0.25, 0.3) is 5.78 Å². The Kier molecular flexibility index (Phi) is 3.66. The fourth-order valence-electron chi connectivity index (χ4n) is 2.27. The van der Waals surface area contributed by atoms with E-state index in [2.05, 4.69) is 20.4 Å². The molecule has 0 aromatic carbocycles. The van der Waals surface area contributed by atoms with Crippen LogP contribution in [0.4, 0.5) is 19.0 Å². The minimum absolute atomic E-state index is 0.000163. The zero-order valence-electron chi connectivity index (χ0n) is 11.1. The van der Waals surface area contributed by atoms with E-state index in [1.54, 1.807) is 0 Å². The first-order valence-electron chi connectivity index (χ1n) is 6.67. The number of halogens is 3. The average Bonchev–Trinajstić information content (AvgIpc) is 2.93. The Morgan fingerprint density at radius 2 is 2.24 bits per heavy atom. The van der Waals surface area contributed by atoms with E-state index in [0.29, 0.717) is 13.2 Å². The minimum Gasteiger partial charge on any atom is -0.376 e. The van der Waals surface area contributed by atoms with E-state index in [0.717, 1.165) is 25.3 Å². The van der Waals surface area contributed by atoms with Crippen LogP contribution in [0.5, 0.6) is 0 Å². The SMILES string of the molecule is FC(F)(F)c1cc(NC[C@H]2CCCCO2)n2ncnc2n1. The summed E-state index contributed by atoms with van der Waals surface area (Å²) in [6.45, 7) is 1.12. The van der Waals surface area contributed by atoms with E-state index in [4.69, 9.17) is 4.74 Å². The van der Waals surface area contributed by atoms with Crippen molar-refractivity contribution in [2.24, 2.45) is 0 Å². The second-order valence-electron chi connectivity index (χ2n) is 4.87. The second-order valence-corrected chi connectivity index (χ2v) is 4.87. The normalized spacial score (nSPS) is 19.9. The van der Waals surface area contributed by atoms with Crippen molar-refractivity contribution in [2.75, 3.05) is 18.5 Å². The first-order chi connectivity index (χ1) is 10.0. The van der Waals surface area contributed by atoms with Gasteiger partial charge in [-0.3, -0.25) is 0 Å². The Morgan fingerprint density at radius 3 is 2.95 bits per heavy atom. The topological polar surface area (TPSA) is 64.3 Å². The fraction of sp³-hybridized carbons (Fsp3) is 0.583. The highest BCUT2D eigenvalue weighted by Crippen LogP contribution is 2.29. The van der Waals surface area contributed by atoms with Crippen LogP contribution in [0.3, 0.4) is 0 Å². The van der Waals surface area contributed by atoms with Crippen molar-refractivity contribution in [1.82, 2.24) is 19.6 Å². The molecule has 0 saturated carbocycles. The van der Waals surface area contributed by atoms with Gasteiger partial charge in [-0.2, -0.15) is 27.8 Å². The third-order valence-electron chi connectivity index (χ3n) is 3.33. The summed E-state index contributed by atoms with van der Waals surface area (Å²) in [7, 11) is 0. The summed E-state index contributed by atoms with van der Waals surface area (Å²) in [4.78, 5) is 7.17. The van der Waals surface area contributed by atoms with Crippen molar-refractivity contribution < 1.29 is 17.9 Å². The Morgan fingerprint density at radius 1 is 1.38 bits per heavy atom. The van der Waals surface area contributed by atoms with Crippen LogP contribution in [-0.2, 0) is 10.9 Å². The van der Waals surface area contributed by atoms with Gasteiger partial charge < -0.3 is 10.1 Å². The molecule has 1 N–H and O–H groups in total. The van der Waals surface area contributed by atoms with Crippen LogP contribution in [0.2, 0.25) is 0 Å². The highest BCUT2D eigenvalue weighted by atomic mass is 19.4. The van der Waals surface area contributed by atoms with E-state index >= 15 is 0 Å². The second kappa shape index (κ2) is 5.47. The summed E-state index contributed by atoms with van der Waals surface area (Å²) in [6, 6.07) is 0.935. The Balaban J connectivity index is 1.84. The summed E-state index contributed by atoms with van der Waals surface area (Å²) in [5.41, 5.74) is -0.991. The van der Waals surface area contributed by atoms with Gasteiger partial charge >= 0.3 is 6.18 Å². The molecular formula is C12H14F3N5O. The lowest BCUT2D eigenvalue weighted by Crippen LogP contribution is -2.28. The third-order valence-corrected chi connectivity index (χ3v) is 3.33. The van der Waals surface area contributed by atoms with E-state index in [9.17, 15) is 13.2 Å². The Hall–Kier alpha value is -1.90. The molecule has 0 amide bonds. The summed E-state index contributed by atoms with van der Waals surface area (Å²) < 4.78 is 45.3. The summed E-state index contributed by atoms with van der Waals surface area (Å²) in [6.07, 6.45) is -0.368. The lowest BCUT2D eigenvalue weighted by molar-refractivity contribution is -0.141. The molecular weight excluding hydrogens is 287 g/mol. The monoisotopic (exact) mass is 301 g/mol. The molecule has 1 saturated heterocycles.